The van der Waals surface area contributed by atoms with Gasteiger partial charge in [-0.3, -0.25) is 4.79 Å². The molecule has 0 saturated heterocycles. The van der Waals surface area contributed by atoms with Crippen LogP contribution in [0.15, 0.2) is 36.4 Å². The number of amides is 1. The standard InChI is InChI=1S/C25H35NO3/c1-8-19-10-12-20(13-11-19)29-23(9-2)25(27)26-18(6)22-15-21(16(3)4)24(28-7)14-17(22)5/h10-16,18,23H,8-9H2,1-7H3,(H,26,27). The van der Waals surface area contributed by atoms with Gasteiger partial charge in [-0.2, -0.15) is 0 Å². The topological polar surface area (TPSA) is 47.6 Å². The third-order valence-electron chi connectivity index (χ3n) is 5.34. The van der Waals surface area contributed by atoms with E-state index in [-0.39, 0.29) is 11.9 Å². The zero-order valence-corrected chi connectivity index (χ0v) is 18.8. The van der Waals surface area contributed by atoms with Gasteiger partial charge in [0.1, 0.15) is 11.5 Å². The highest BCUT2D eigenvalue weighted by atomic mass is 16.5. The molecule has 0 aliphatic heterocycles. The zero-order valence-electron chi connectivity index (χ0n) is 18.8. The maximum absolute atomic E-state index is 12.9. The first-order valence-electron chi connectivity index (χ1n) is 10.5. The lowest BCUT2D eigenvalue weighted by Gasteiger charge is -2.23. The number of nitrogens with one attached hydrogen (secondary N) is 1. The molecule has 2 unspecified atom stereocenters. The number of methoxy groups -OCH3 is 1. The lowest BCUT2D eigenvalue weighted by molar-refractivity contribution is -0.128. The molecule has 2 rings (SSSR count). The molecule has 0 aliphatic rings. The predicted molar refractivity (Wildman–Crippen MR) is 119 cm³/mol. The number of aryl methyl sites for hydroxylation is 2. The highest BCUT2D eigenvalue weighted by Crippen LogP contribution is 2.32. The van der Waals surface area contributed by atoms with E-state index in [0.717, 1.165) is 34.6 Å². The summed E-state index contributed by atoms with van der Waals surface area (Å²) in [5.41, 5.74) is 4.60. The van der Waals surface area contributed by atoms with E-state index in [4.69, 9.17) is 9.47 Å². The summed E-state index contributed by atoms with van der Waals surface area (Å²) in [6.07, 6.45) is 1.06. The molecule has 0 fully saturated rings. The fourth-order valence-electron chi connectivity index (χ4n) is 3.48. The molecule has 158 valence electrons. The second-order valence-corrected chi connectivity index (χ2v) is 7.85. The molecule has 2 atom stereocenters. The molecule has 0 heterocycles. The van der Waals surface area contributed by atoms with Crippen LogP contribution in [0.25, 0.3) is 0 Å². The van der Waals surface area contributed by atoms with Gasteiger partial charge in [0.25, 0.3) is 5.91 Å². The van der Waals surface area contributed by atoms with E-state index in [9.17, 15) is 4.79 Å². The Morgan fingerprint density at radius 2 is 1.69 bits per heavy atom. The molecule has 4 heteroatoms. The van der Waals surface area contributed by atoms with E-state index in [1.54, 1.807) is 7.11 Å². The van der Waals surface area contributed by atoms with Crippen LogP contribution in [0.4, 0.5) is 0 Å². The molecule has 0 bridgehead atoms. The Morgan fingerprint density at radius 1 is 1.03 bits per heavy atom. The number of carbonyl (C=O) groups excluding carboxylic acids is 1. The molecule has 0 aromatic heterocycles. The van der Waals surface area contributed by atoms with Crippen LogP contribution in [-0.2, 0) is 11.2 Å². The summed E-state index contributed by atoms with van der Waals surface area (Å²) in [5, 5.41) is 3.13. The lowest BCUT2D eigenvalue weighted by atomic mass is 9.93. The summed E-state index contributed by atoms with van der Waals surface area (Å²) >= 11 is 0. The SMILES string of the molecule is CCc1ccc(OC(CC)C(=O)NC(C)c2cc(C(C)C)c(OC)cc2C)cc1. The van der Waals surface area contributed by atoms with Crippen molar-refractivity contribution in [2.75, 3.05) is 7.11 Å². The van der Waals surface area contributed by atoms with E-state index < -0.39 is 6.10 Å². The Morgan fingerprint density at radius 3 is 2.21 bits per heavy atom. The molecular weight excluding hydrogens is 362 g/mol. The normalized spacial score (nSPS) is 13.1. The molecule has 0 radical (unpaired) electrons. The quantitative estimate of drug-likeness (QED) is 0.588. The summed E-state index contributed by atoms with van der Waals surface area (Å²) in [6, 6.07) is 12.0. The zero-order chi connectivity index (χ0) is 21.6. The Labute approximate surface area is 175 Å². The molecule has 2 aromatic rings. The Bertz CT molecular complexity index is 812. The monoisotopic (exact) mass is 397 g/mol. The molecule has 29 heavy (non-hydrogen) atoms. The van der Waals surface area contributed by atoms with Gasteiger partial charge < -0.3 is 14.8 Å². The molecule has 1 amide bonds. The average molecular weight is 398 g/mol. The van der Waals surface area contributed by atoms with Crippen molar-refractivity contribution in [2.45, 2.75) is 72.4 Å². The van der Waals surface area contributed by atoms with Gasteiger partial charge in [-0.15, -0.1) is 0 Å². The molecule has 1 N–H and O–H groups in total. The number of hydrogen-bond acceptors (Lipinski definition) is 3. The van der Waals surface area contributed by atoms with E-state index in [1.807, 2.05) is 45.0 Å². The third-order valence-corrected chi connectivity index (χ3v) is 5.34. The Balaban J connectivity index is 2.14. The summed E-state index contributed by atoms with van der Waals surface area (Å²) in [5.74, 6) is 1.86. The highest BCUT2D eigenvalue weighted by molar-refractivity contribution is 5.81. The van der Waals surface area contributed by atoms with E-state index >= 15 is 0 Å². The minimum Gasteiger partial charge on any atom is -0.496 e. The first-order valence-corrected chi connectivity index (χ1v) is 10.5. The fourth-order valence-corrected chi connectivity index (χ4v) is 3.48. The van der Waals surface area contributed by atoms with Crippen molar-refractivity contribution < 1.29 is 14.3 Å². The summed E-state index contributed by atoms with van der Waals surface area (Å²) in [4.78, 5) is 12.9. The van der Waals surface area contributed by atoms with Crippen molar-refractivity contribution >= 4 is 5.91 Å². The number of hydrogen-bond donors (Lipinski definition) is 1. The lowest BCUT2D eigenvalue weighted by Crippen LogP contribution is -2.39. The second-order valence-electron chi connectivity index (χ2n) is 7.85. The van der Waals surface area contributed by atoms with Gasteiger partial charge >= 0.3 is 0 Å². The van der Waals surface area contributed by atoms with Crippen molar-refractivity contribution in [2.24, 2.45) is 0 Å². The third kappa shape index (κ3) is 5.75. The van der Waals surface area contributed by atoms with Crippen LogP contribution < -0.4 is 14.8 Å². The van der Waals surface area contributed by atoms with E-state index in [0.29, 0.717) is 12.3 Å². The summed E-state index contributed by atoms with van der Waals surface area (Å²) < 4.78 is 11.5. The maximum Gasteiger partial charge on any atom is 0.261 e. The van der Waals surface area contributed by atoms with Gasteiger partial charge in [0, 0.05) is 0 Å². The van der Waals surface area contributed by atoms with E-state index in [2.05, 4.69) is 38.2 Å². The minimum atomic E-state index is -0.520. The predicted octanol–water partition coefficient (Wildman–Crippen LogP) is 5.72. The maximum atomic E-state index is 12.9. The summed E-state index contributed by atoms with van der Waals surface area (Å²) in [7, 11) is 1.70. The van der Waals surface area contributed by atoms with Crippen LogP contribution in [-0.4, -0.2) is 19.1 Å². The van der Waals surface area contributed by atoms with Crippen LogP contribution in [0.3, 0.4) is 0 Å². The van der Waals surface area contributed by atoms with Gasteiger partial charge in [0.05, 0.1) is 13.2 Å². The van der Waals surface area contributed by atoms with Crippen LogP contribution >= 0.6 is 0 Å². The Hall–Kier alpha value is -2.49. The number of rotatable bonds is 9. The molecule has 0 aliphatic carbocycles. The average Bonchev–Trinajstić information content (AvgIpc) is 2.71. The molecular formula is C25H35NO3. The van der Waals surface area contributed by atoms with Crippen LogP contribution in [0, 0.1) is 6.92 Å². The van der Waals surface area contributed by atoms with Gasteiger partial charge in [-0.25, -0.2) is 0 Å². The Kier molecular flexibility index (Phi) is 8.12. The van der Waals surface area contributed by atoms with E-state index in [1.165, 1.54) is 5.56 Å². The molecule has 0 saturated carbocycles. The van der Waals surface area contributed by atoms with Crippen molar-refractivity contribution in [1.29, 1.82) is 0 Å². The fraction of sp³-hybridized carbons (Fsp3) is 0.480. The molecule has 4 nitrogen and oxygen atoms in total. The highest BCUT2D eigenvalue weighted by Gasteiger charge is 2.22. The summed E-state index contributed by atoms with van der Waals surface area (Å²) in [6.45, 7) is 12.4. The van der Waals surface area contributed by atoms with Gasteiger partial charge in [0.15, 0.2) is 6.10 Å². The largest absolute Gasteiger partial charge is 0.496 e. The number of carbonyl (C=O) groups is 1. The van der Waals surface area contributed by atoms with Crippen LogP contribution in [0.5, 0.6) is 11.5 Å². The van der Waals surface area contributed by atoms with Gasteiger partial charge in [-0.1, -0.05) is 39.8 Å². The number of ether oxygens (including phenoxy) is 2. The first kappa shape index (κ1) is 22.8. The van der Waals surface area contributed by atoms with Crippen molar-refractivity contribution in [3.63, 3.8) is 0 Å². The van der Waals surface area contributed by atoms with Crippen molar-refractivity contribution in [1.82, 2.24) is 5.32 Å². The smallest absolute Gasteiger partial charge is 0.261 e. The minimum absolute atomic E-state index is 0.0964. The second kappa shape index (κ2) is 10.3. The molecule has 2 aromatic carbocycles. The van der Waals surface area contributed by atoms with Crippen molar-refractivity contribution in [3.05, 3.63) is 58.7 Å². The molecule has 0 spiro atoms. The van der Waals surface area contributed by atoms with Crippen LogP contribution in [0.2, 0.25) is 0 Å². The van der Waals surface area contributed by atoms with Crippen LogP contribution in [0.1, 0.15) is 75.3 Å². The van der Waals surface area contributed by atoms with Crippen molar-refractivity contribution in [3.8, 4) is 11.5 Å². The van der Waals surface area contributed by atoms with Gasteiger partial charge in [-0.05, 0) is 79.1 Å². The van der Waals surface area contributed by atoms with Gasteiger partial charge in [0.2, 0.25) is 0 Å². The first-order chi connectivity index (χ1) is 13.8. The number of benzene rings is 2.